The first-order chi connectivity index (χ1) is 9.56. The molecule has 0 aromatic heterocycles. The summed E-state index contributed by atoms with van der Waals surface area (Å²) in [5, 5.41) is 3.71. The highest BCUT2D eigenvalue weighted by Gasteiger charge is 2.32. The van der Waals surface area contributed by atoms with Crippen LogP contribution in [0.4, 0.5) is 5.69 Å². The number of nitrogens with zero attached hydrogens (tertiary/aromatic N) is 1. The molecule has 0 spiro atoms. The second kappa shape index (κ2) is 6.95. The number of nitrogens with one attached hydrogen (secondary N) is 1. The van der Waals surface area contributed by atoms with Gasteiger partial charge in [0, 0.05) is 23.1 Å². The Morgan fingerprint density at radius 3 is 2.80 bits per heavy atom. The van der Waals surface area contributed by atoms with E-state index in [4.69, 9.17) is 0 Å². The number of halogens is 1. The molecule has 1 aromatic carbocycles. The molecule has 0 radical (unpaired) electrons. The summed E-state index contributed by atoms with van der Waals surface area (Å²) in [6.45, 7) is 11.4. The third kappa shape index (κ3) is 3.20. The van der Waals surface area contributed by atoms with Gasteiger partial charge < -0.3 is 10.2 Å². The summed E-state index contributed by atoms with van der Waals surface area (Å²) < 4.78 is 1.25. The average molecular weight is 339 g/mol. The zero-order valence-corrected chi connectivity index (χ0v) is 14.7. The molecule has 1 saturated heterocycles. The Balaban J connectivity index is 2.14. The van der Waals surface area contributed by atoms with Gasteiger partial charge in [-0.2, -0.15) is 0 Å². The maximum absolute atomic E-state index is 3.76. The van der Waals surface area contributed by atoms with Crippen molar-refractivity contribution in [3.05, 3.63) is 28.2 Å². The summed E-state index contributed by atoms with van der Waals surface area (Å²) in [4.78, 5) is 2.56. The molecule has 2 rings (SSSR count). The SMILES string of the molecule is CCCNC1CCN(c2cccc(C)c2Br)C(C)C1C. The normalized spacial score (nSPS) is 26.9. The van der Waals surface area contributed by atoms with Crippen molar-refractivity contribution in [2.45, 2.75) is 52.6 Å². The van der Waals surface area contributed by atoms with Crippen molar-refractivity contribution < 1.29 is 0 Å². The van der Waals surface area contributed by atoms with E-state index in [1.165, 1.54) is 28.6 Å². The average Bonchev–Trinajstić information content (AvgIpc) is 2.44. The summed E-state index contributed by atoms with van der Waals surface area (Å²) in [7, 11) is 0. The van der Waals surface area contributed by atoms with E-state index < -0.39 is 0 Å². The Hall–Kier alpha value is -0.540. The Morgan fingerprint density at radius 1 is 1.35 bits per heavy atom. The Morgan fingerprint density at radius 2 is 2.10 bits per heavy atom. The van der Waals surface area contributed by atoms with Crippen molar-refractivity contribution in [3.8, 4) is 0 Å². The first-order valence-corrected chi connectivity index (χ1v) is 8.60. The lowest BCUT2D eigenvalue weighted by atomic mass is 9.86. The van der Waals surface area contributed by atoms with Crippen molar-refractivity contribution in [2.24, 2.45) is 5.92 Å². The van der Waals surface area contributed by atoms with Gasteiger partial charge in [-0.25, -0.2) is 0 Å². The van der Waals surface area contributed by atoms with E-state index in [0.29, 0.717) is 18.0 Å². The number of aryl methyl sites for hydroxylation is 1. The van der Waals surface area contributed by atoms with Crippen molar-refractivity contribution in [1.82, 2.24) is 5.32 Å². The van der Waals surface area contributed by atoms with E-state index >= 15 is 0 Å². The molecule has 1 aliphatic heterocycles. The number of hydrogen-bond acceptors (Lipinski definition) is 2. The van der Waals surface area contributed by atoms with Crippen molar-refractivity contribution in [2.75, 3.05) is 18.0 Å². The summed E-state index contributed by atoms with van der Waals surface area (Å²) >= 11 is 3.76. The van der Waals surface area contributed by atoms with Gasteiger partial charge in [0.05, 0.1) is 5.69 Å². The first kappa shape index (κ1) is 15.8. The highest BCUT2D eigenvalue weighted by atomic mass is 79.9. The zero-order chi connectivity index (χ0) is 14.7. The molecule has 2 nitrogen and oxygen atoms in total. The van der Waals surface area contributed by atoms with Crippen LogP contribution in [-0.4, -0.2) is 25.2 Å². The van der Waals surface area contributed by atoms with Crippen LogP contribution < -0.4 is 10.2 Å². The molecular formula is C17H27BrN2. The molecule has 0 bridgehead atoms. The summed E-state index contributed by atoms with van der Waals surface area (Å²) in [5.41, 5.74) is 2.66. The highest BCUT2D eigenvalue weighted by Crippen LogP contribution is 2.35. The van der Waals surface area contributed by atoms with Crippen LogP contribution in [0.2, 0.25) is 0 Å². The van der Waals surface area contributed by atoms with Crippen LogP contribution in [0.1, 0.15) is 39.2 Å². The number of piperidine rings is 1. The predicted molar refractivity (Wildman–Crippen MR) is 91.5 cm³/mol. The number of rotatable bonds is 4. The number of anilines is 1. The third-order valence-corrected chi connectivity index (χ3v) is 5.74. The van der Waals surface area contributed by atoms with Gasteiger partial charge in [-0.1, -0.05) is 26.0 Å². The minimum absolute atomic E-state index is 0.566. The Kier molecular flexibility index (Phi) is 5.50. The molecule has 1 aliphatic rings. The minimum Gasteiger partial charge on any atom is -0.368 e. The van der Waals surface area contributed by atoms with E-state index in [1.807, 2.05) is 0 Å². The van der Waals surface area contributed by atoms with Crippen LogP contribution in [-0.2, 0) is 0 Å². The fourth-order valence-electron chi connectivity index (χ4n) is 3.18. The molecule has 3 unspecified atom stereocenters. The standard InChI is InChI=1S/C17H27BrN2/c1-5-10-19-15-9-11-20(14(4)13(15)3)16-8-6-7-12(2)17(16)18/h6-8,13-15,19H,5,9-11H2,1-4H3. The van der Waals surface area contributed by atoms with E-state index in [0.717, 1.165) is 13.1 Å². The van der Waals surface area contributed by atoms with E-state index in [2.05, 4.69) is 72.0 Å². The Bertz CT molecular complexity index is 447. The van der Waals surface area contributed by atoms with Gasteiger partial charge in [-0.05, 0) is 66.7 Å². The van der Waals surface area contributed by atoms with Gasteiger partial charge in [-0.15, -0.1) is 0 Å². The van der Waals surface area contributed by atoms with Crippen LogP contribution in [0.5, 0.6) is 0 Å². The fraction of sp³-hybridized carbons (Fsp3) is 0.647. The lowest BCUT2D eigenvalue weighted by Gasteiger charge is -2.45. The molecule has 1 aromatic rings. The lowest BCUT2D eigenvalue weighted by molar-refractivity contribution is 0.271. The first-order valence-electron chi connectivity index (χ1n) is 7.81. The molecule has 1 fully saturated rings. The van der Waals surface area contributed by atoms with Gasteiger partial charge in [0.2, 0.25) is 0 Å². The van der Waals surface area contributed by atoms with Crippen molar-refractivity contribution >= 4 is 21.6 Å². The number of hydrogen-bond donors (Lipinski definition) is 1. The van der Waals surface area contributed by atoms with Gasteiger partial charge in [0.15, 0.2) is 0 Å². The van der Waals surface area contributed by atoms with Gasteiger partial charge in [0.1, 0.15) is 0 Å². The smallest absolute Gasteiger partial charge is 0.0515 e. The largest absolute Gasteiger partial charge is 0.368 e. The fourth-order valence-corrected chi connectivity index (χ4v) is 3.67. The molecule has 3 atom stereocenters. The van der Waals surface area contributed by atoms with Crippen molar-refractivity contribution in [1.29, 1.82) is 0 Å². The molecule has 0 saturated carbocycles. The molecule has 3 heteroatoms. The summed E-state index contributed by atoms with van der Waals surface area (Å²) in [6, 6.07) is 7.78. The number of benzene rings is 1. The van der Waals surface area contributed by atoms with Crippen LogP contribution in [0, 0.1) is 12.8 Å². The minimum atomic E-state index is 0.566. The highest BCUT2D eigenvalue weighted by molar-refractivity contribution is 9.10. The van der Waals surface area contributed by atoms with E-state index in [-0.39, 0.29) is 0 Å². The monoisotopic (exact) mass is 338 g/mol. The second-order valence-corrected chi connectivity index (χ2v) is 6.84. The molecule has 1 heterocycles. The molecular weight excluding hydrogens is 312 g/mol. The zero-order valence-electron chi connectivity index (χ0n) is 13.1. The van der Waals surface area contributed by atoms with Gasteiger partial charge in [0.25, 0.3) is 0 Å². The summed E-state index contributed by atoms with van der Waals surface area (Å²) in [6.07, 6.45) is 2.44. The van der Waals surface area contributed by atoms with Gasteiger partial charge >= 0.3 is 0 Å². The van der Waals surface area contributed by atoms with Crippen LogP contribution in [0.15, 0.2) is 22.7 Å². The molecule has 112 valence electrons. The molecule has 20 heavy (non-hydrogen) atoms. The van der Waals surface area contributed by atoms with E-state index in [1.54, 1.807) is 0 Å². The van der Waals surface area contributed by atoms with E-state index in [9.17, 15) is 0 Å². The van der Waals surface area contributed by atoms with Crippen LogP contribution in [0.25, 0.3) is 0 Å². The maximum atomic E-state index is 3.76. The predicted octanol–water partition coefficient (Wildman–Crippen LogP) is 4.36. The quantitative estimate of drug-likeness (QED) is 0.877. The van der Waals surface area contributed by atoms with Crippen LogP contribution in [0.3, 0.4) is 0 Å². The third-order valence-electron chi connectivity index (χ3n) is 4.71. The Labute approximate surface area is 132 Å². The molecule has 0 amide bonds. The van der Waals surface area contributed by atoms with Crippen molar-refractivity contribution in [3.63, 3.8) is 0 Å². The lowest BCUT2D eigenvalue weighted by Crippen LogP contribution is -2.53. The topological polar surface area (TPSA) is 15.3 Å². The maximum Gasteiger partial charge on any atom is 0.0515 e. The summed E-state index contributed by atoms with van der Waals surface area (Å²) in [5.74, 6) is 0.669. The molecule has 0 aliphatic carbocycles. The second-order valence-electron chi connectivity index (χ2n) is 6.05. The van der Waals surface area contributed by atoms with Gasteiger partial charge in [-0.3, -0.25) is 0 Å². The molecule has 1 N–H and O–H groups in total. The van der Waals surface area contributed by atoms with Crippen LogP contribution >= 0.6 is 15.9 Å².